The van der Waals surface area contributed by atoms with Gasteiger partial charge in [0.05, 0.1) is 10.2 Å². The van der Waals surface area contributed by atoms with Crippen molar-refractivity contribution in [2.75, 3.05) is 0 Å². The van der Waals surface area contributed by atoms with Gasteiger partial charge in [-0.05, 0) is 31.0 Å². The Kier molecular flexibility index (Phi) is 3.25. The van der Waals surface area contributed by atoms with E-state index in [-0.39, 0.29) is 5.91 Å². The Morgan fingerprint density at radius 2 is 1.90 bits per heavy atom. The second-order valence-corrected chi connectivity index (χ2v) is 6.09. The molecule has 1 amide bonds. The van der Waals surface area contributed by atoms with Crippen molar-refractivity contribution in [2.45, 2.75) is 13.8 Å². The fraction of sp³-hybridized carbons (Fsp3) is 0.267. The first-order valence-corrected chi connectivity index (χ1v) is 7.43. The van der Waals surface area contributed by atoms with Crippen LogP contribution >= 0.6 is 11.3 Å². The van der Waals surface area contributed by atoms with Gasteiger partial charge in [0.15, 0.2) is 10.5 Å². The van der Waals surface area contributed by atoms with Crippen molar-refractivity contribution in [1.82, 2.24) is 14.3 Å². The van der Waals surface area contributed by atoms with Crippen LogP contribution in [0, 0.1) is 13.8 Å². The summed E-state index contributed by atoms with van der Waals surface area (Å²) in [6.45, 7) is 4.14. The molecule has 0 aliphatic carbocycles. The van der Waals surface area contributed by atoms with Crippen LogP contribution in [0.15, 0.2) is 29.4 Å². The topological polar surface area (TPSA) is 52.2 Å². The summed E-state index contributed by atoms with van der Waals surface area (Å²) in [4.78, 5) is 17.1. The Morgan fingerprint density at radius 3 is 2.52 bits per heavy atom. The van der Waals surface area contributed by atoms with Crippen molar-refractivity contribution in [3.05, 3.63) is 46.0 Å². The van der Waals surface area contributed by atoms with Crippen LogP contribution in [0.4, 0.5) is 0 Å². The molecule has 1 aromatic carbocycles. The summed E-state index contributed by atoms with van der Waals surface area (Å²) in [5.74, 6) is -0.312. The Labute approximate surface area is 126 Å². The van der Waals surface area contributed by atoms with Crippen LogP contribution in [-0.2, 0) is 14.1 Å². The predicted molar refractivity (Wildman–Crippen MR) is 83.4 cm³/mol. The number of nitrogens with zero attached hydrogens (tertiary/aromatic N) is 4. The third-order valence-electron chi connectivity index (χ3n) is 3.48. The normalized spacial score (nSPS) is 12.3. The second kappa shape index (κ2) is 4.96. The molecule has 108 valence electrons. The number of rotatable bonds is 1. The molecule has 2 aromatic heterocycles. The van der Waals surface area contributed by atoms with Gasteiger partial charge in [0, 0.05) is 20.3 Å². The van der Waals surface area contributed by atoms with Crippen LogP contribution in [0.25, 0.3) is 10.2 Å². The van der Waals surface area contributed by atoms with Gasteiger partial charge in [-0.2, -0.15) is 10.1 Å². The summed E-state index contributed by atoms with van der Waals surface area (Å²) in [5.41, 5.74) is 3.87. The maximum absolute atomic E-state index is 12.2. The Hall–Kier alpha value is -2.21. The molecule has 3 aromatic rings. The number of carbonyl (C=O) groups is 1. The number of hydrogen-bond acceptors (Lipinski definition) is 3. The van der Waals surface area contributed by atoms with Gasteiger partial charge in [-0.25, -0.2) is 0 Å². The highest BCUT2D eigenvalue weighted by Crippen LogP contribution is 2.24. The predicted octanol–water partition coefficient (Wildman–Crippen LogP) is 2.33. The van der Waals surface area contributed by atoms with E-state index < -0.39 is 0 Å². The quantitative estimate of drug-likeness (QED) is 0.692. The minimum Gasteiger partial charge on any atom is -0.319 e. The summed E-state index contributed by atoms with van der Waals surface area (Å²) < 4.78 is 4.75. The maximum Gasteiger partial charge on any atom is 0.300 e. The molecular formula is C15H16N4OS. The molecule has 5 nitrogen and oxygen atoms in total. The first-order chi connectivity index (χ1) is 9.97. The lowest BCUT2D eigenvalue weighted by Gasteiger charge is -2.01. The van der Waals surface area contributed by atoms with Gasteiger partial charge in [0.1, 0.15) is 0 Å². The summed E-state index contributed by atoms with van der Waals surface area (Å²) in [6.07, 6.45) is 1.74. The van der Waals surface area contributed by atoms with Gasteiger partial charge in [-0.3, -0.25) is 9.48 Å². The van der Waals surface area contributed by atoms with Crippen molar-refractivity contribution >= 4 is 27.5 Å². The lowest BCUT2D eigenvalue weighted by atomic mass is 10.1. The minimum atomic E-state index is -0.312. The van der Waals surface area contributed by atoms with E-state index in [2.05, 4.69) is 36.1 Å². The summed E-state index contributed by atoms with van der Waals surface area (Å²) in [6, 6.07) is 5.86. The van der Waals surface area contributed by atoms with E-state index in [1.165, 1.54) is 27.2 Å². The molecule has 0 bridgehead atoms. The molecule has 0 spiro atoms. The molecule has 0 aliphatic heterocycles. The molecule has 0 saturated heterocycles. The van der Waals surface area contributed by atoms with E-state index in [0.29, 0.717) is 10.5 Å². The highest BCUT2D eigenvalue weighted by molar-refractivity contribution is 7.16. The van der Waals surface area contributed by atoms with Crippen molar-refractivity contribution < 1.29 is 4.79 Å². The average molecular weight is 300 g/mol. The van der Waals surface area contributed by atoms with Gasteiger partial charge in [-0.15, -0.1) is 0 Å². The number of carbonyl (C=O) groups excluding carboxylic acids is 1. The van der Waals surface area contributed by atoms with Crippen LogP contribution < -0.4 is 4.80 Å². The van der Waals surface area contributed by atoms with Crippen LogP contribution in [0.5, 0.6) is 0 Å². The van der Waals surface area contributed by atoms with E-state index in [0.717, 1.165) is 5.52 Å². The first-order valence-electron chi connectivity index (χ1n) is 6.62. The van der Waals surface area contributed by atoms with Crippen molar-refractivity contribution in [2.24, 2.45) is 19.1 Å². The van der Waals surface area contributed by atoms with Gasteiger partial charge >= 0.3 is 0 Å². The molecule has 2 heterocycles. The fourth-order valence-corrected chi connectivity index (χ4v) is 3.51. The Bertz CT molecular complexity index is 914. The zero-order chi connectivity index (χ0) is 15.1. The minimum absolute atomic E-state index is 0.312. The van der Waals surface area contributed by atoms with Crippen LogP contribution in [0.3, 0.4) is 0 Å². The van der Waals surface area contributed by atoms with E-state index in [9.17, 15) is 4.79 Å². The van der Waals surface area contributed by atoms with Crippen molar-refractivity contribution in [3.63, 3.8) is 0 Å². The van der Waals surface area contributed by atoms with Crippen molar-refractivity contribution in [1.29, 1.82) is 0 Å². The molecule has 0 fully saturated rings. The molecule has 0 unspecified atom stereocenters. The first kappa shape index (κ1) is 13.8. The highest BCUT2D eigenvalue weighted by Gasteiger charge is 2.11. The Balaban J connectivity index is 2.19. The van der Waals surface area contributed by atoms with E-state index in [1.807, 2.05) is 11.6 Å². The van der Waals surface area contributed by atoms with Gasteiger partial charge in [0.25, 0.3) is 5.91 Å². The fourth-order valence-electron chi connectivity index (χ4n) is 2.34. The molecular weight excluding hydrogens is 284 g/mol. The molecule has 0 aliphatic rings. The Morgan fingerprint density at radius 1 is 1.19 bits per heavy atom. The van der Waals surface area contributed by atoms with Crippen LogP contribution in [-0.4, -0.2) is 20.3 Å². The summed E-state index contributed by atoms with van der Waals surface area (Å²) >= 11 is 1.54. The molecule has 0 saturated carbocycles. The second-order valence-electron chi connectivity index (χ2n) is 5.11. The third kappa shape index (κ3) is 2.31. The van der Waals surface area contributed by atoms with Crippen LogP contribution in [0.1, 0.15) is 21.6 Å². The zero-order valence-electron chi connectivity index (χ0n) is 12.4. The summed E-state index contributed by atoms with van der Waals surface area (Å²) in [5, 5.41) is 4.09. The maximum atomic E-state index is 12.2. The van der Waals surface area contributed by atoms with Gasteiger partial charge in [-0.1, -0.05) is 23.5 Å². The molecule has 0 atom stereocenters. The summed E-state index contributed by atoms with van der Waals surface area (Å²) in [7, 11) is 3.72. The largest absolute Gasteiger partial charge is 0.319 e. The SMILES string of the molecule is Cc1ccc(C)c2c1sc(=NC(=O)c1ccn(C)n1)n2C. The number of aryl methyl sites for hydroxylation is 4. The number of aromatic nitrogens is 3. The number of fused-ring (bicyclic) bond motifs is 1. The standard InChI is InChI=1S/C15H16N4OS/c1-9-5-6-10(2)13-12(9)19(4)15(21-13)16-14(20)11-7-8-18(3)17-11/h5-8H,1-4H3. The van der Waals surface area contributed by atoms with Gasteiger partial charge < -0.3 is 4.57 Å². The van der Waals surface area contributed by atoms with Gasteiger partial charge in [0.2, 0.25) is 0 Å². The smallest absolute Gasteiger partial charge is 0.300 e. The highest BCUT2D eigenvalue weighted by atomic mass is 32.1. The third-order valence-corrected chi connectivity index (χ3v) is 4.74. The average Bonchev–Trinajstić information content (AvgIpc) is 3.00. The van der Waals surface area contributed by atoms with Crippen LogP contribution in [0.2, 0.25) is 0 Å². The number of benzene rings is 1. The molecule has 6 heteroatoms. The van der Waals surface area contributed by atoms with E-state index in [1.54, 1.807) is 24.0 Å². The molecule has 0 radical (unpaired) electrons. The van der Waals surface area contributed by atoms with E-state index >= 15 is 0 Å². The lowest BCUT2D eigenvalue weighted by Crippen LogP contribution is -2.14. The lowest BCUT2D eigenvalue weighted by molar-refractivity contribution is 0.0992. The van der Waals surface area contributed by atoms with Crippen molar-refractivity contribution in [3.8, 4) is 0 Å². The monoisotopic (exact) mass is 300 g/mol. The zero-order valence-corrected chi connectivity index (χ0v) is 13.2. The number of thiazole rings is 1. The molecule has 3 rings (SSSR count). The number of hydrogen-bond donors (Lipinski definition) is 0. The van der Waals surface area contributed by atoms with E-state index in [4.69, 9.17) is 0 Å². The molecule has 0 N–H and O–H groups in total. The molecule has 21 heavy (non-hydrogen) atoms. The number of amides is 1.